The molecule has 2 aromatic rings. The minimum atomic E-state index is -0.104. The molecule has 3 heterocycles. The second-order valence-electron chi connectivity index (χ2n) is 5.78. The largest absolute Gasteiger partial charge is 0.346 e. The van der Waals surface area contributed by atoms with Crippen molar-refractivity contribution in [3.63, 3.8) is 0 Å². The summed E-state index contributed by atoms with van der Waals surface area (Å²) in [5, 5.41) is 3.07. The fourth-order valence-electron chi connectivity index (χ4n) is 2.78. The number of hydrogen-bond donors (Lipinski definition) is 1. The summed E-state index contributed by atoms with van der Waals surface area (Å²) in [6, 6.07) is 1.82. The van der Waals surface area contributed by atoms with E-state index in [0.717, 1.165) is 43.9 Å². The molecular weight excluding hydrogens is 266 g/mol. The maximum atomic E-state index is 12.3. The molecule has 1 aliphatic heterocycles. The molecule has 0 bridgehead atoms. The molecule has 4 rings (SSSR count). The van der Waals surface area contributed by atoms with Crippen LogP contribution in [0.15, 0.2) is 24.7 Å². The van der Waals surface area contributed by atoms with E-state index >= 15 is 0 Å². The molecule has 6 nitrogen and oxygen atoms in total. The second-order valence-corrected chi connectivity index (χ2v) is 5.78. The average Bonchev–Trinajstić information content (AvgIpc) is 3.26. The third-order valence-corrected chi connectivity index (χ3v) is 4.12. The van der Waals surface area contributed by atoms with Crippen LogP contribution in [0.4, 0.5) is 0 Å². The van der Waals surface area contributed by atoms with Gasteiger partial charge < -0.3 is 9.88 Å². The van der Waals surface area contributed by atoms with Gasteiger partial charge in [0.15, 0.2) is 0 Å². The zero-order valence-corrected chi connectivity index (χ0v) is 11.7. The van der Waals surface area contributed by atoms with Crippen molar-refractivity contribution >= 4 is 5.91 Å². The summed E-state index contributed by atoms with van der Waals surface area (Å²) in [6.07, 6.45) is 9.55. The van der Waals surface area contributed by atoms with Gasteiger partial charge in [-0.15, -0.1) is 0 Å². The van der Waals surface area contributed by atoms with Crippen molar-refractivity contribution < 1.29 is 4.79 Å². The Balaban J connectivity index is 1.45. The molecule has 1 unspecified atom stereocenters. The van der Waals surface area contributed by atoms with Crippen molar-refractivity contribution in [1.29, 1.82) is 0 Å². The number of hydrogen-bond acceptors (Lipinski definition) is 4. The van der Waals surface area contributed by atoms with Crippen LogP contribution in [0, 0.1) is 0 Å². The van der Waals surface area contributed by atoms with Crippen LogP contribution in [0.1, 0.15) is 47.3 Å². The molecule has 0 radical (unpaired) electrons. The van der Waals surface area contributed by atoms with Gasteiger partial charge in [-0.05, 0) is 25.3 Å². The standard InChI is InChI=1S/C15H17N5O/c21-15(12-5-6-17-14(19-12)10-1-2-10)18-11-3-4-13-16-7-8-20(13)9-11/h5-8,10-11H,1-4,9H2,(H,18,21). The van der Waals surface area contributed by atoms with Crippen LogP contribution in [0.3, 0.4) is 0 Å². The van der Waals surface area contributed by atoms with Gasteiger partial charge in [0.05, 0.1) is 0 Å². The first-order valence-electron chi connectivity index (χ1n) is 7.43. The molecule has 6 heteroatoms. The van der Waals surface area contributed by atoms with Crippen molar-refractivity contribution in [2.24, 2.45) is 0 Å². The molecule has 0 spiro atoms. The Labute approximate surface area is 122 Å². The van der Waals surface area contributed by atoms with E-state index in [1.807, 2.05) is 12.4 Å². The van der Waals surface area contributed by atoms with Crippen LogP contribution >= 0.6 is 0 Å². The van der Waals surface area contributed by atoms with Crippen LogP contribution < -0.4 is 5.32 Å². The van der Waals surface area contributed by atoms with Gasteiger partial charge >= 0.3 is 0 Å². The minimum Gasteiger partial charge on any atom is -0.346 e. The number of fused-ring (bicyclic) bond motifs is 1. The molecule has 2 aliphatic rings. The van der Waals surface area contributed by atoms with Crippen molar-refractivity contribution in [3.05, 3.63) is 42.0 Å². The Morgan fingerprint density at radius 3 is 3.00 bits per heavy atom. The van der Waals surface area contributed by atoms with E-state index < -0.39 is 0 Å². The highest BCUT2D eigenvalue weighted by Gasteiger charge is 2.27. The molecule has 1 amide bonds. The number of carbonyl (C=O) groups excluding carboxylic acids is 1. The molecule has 0 saturated heterocycles. The summed E-state index contributed by atoms with van der Waals surface area (Å²) in [5.74, 6) is 2.26. The Hall–Kier alpha value is -2.24. The molecule has 108 valence electrons. The van der Waals surface area contributed by atoms with Crippen molar-refractivity contribution in [3.8, 4) is 0 Å². The summed E-state index contributed by atoms with van der Waals surface area (Å²) in [6.45, 7) is 0.779. The van der Waals surface area contributed by atoms with E-state index in [2.05, 4.69) is 24.8 Å². The lowest BCUT2D eigenvalue weighted by atomic mass is 10.1. The number of nitrogens with one attached hydrogen (secondary N) is 1. The Bertz CT molecular complexity index is 676. The smallest absolute Gasteiger partial charge is 0.270 e. The van der Waals surface area contributed by atoms with Gasteiger partial charge in [0.2, 0.25) is 0 Å². The van der Waals surface area contributed by atoms with Crippen molar-refractivity contribution in [2.45, 2.75) is 44.2 Å². The summed E-state index contributed by atoms with van der Waals surface area (Å²) >= 11 is 0. The molecule has 1 fully saturated rings. The maximum absolute atomic E-state index is 12.3. The monoisotopic (exact) mass is 283 g/mol. The number of nitrogens with zero attached hydrogens (tertiary/aromatic N) is 4. The zero-order chi connectivity index (χ0) is 14.2. The lowest BCUT2D eigenvalue weighted by molar-refractivity contribution is 0.0922. The zero-order valence-electron chi connectivity index (χ0n) is 11.7. The van der Waals surface area contributed by atoms with Gasteiger partial charge in [-0.25, -0.2) is 15.0 Å². The second kappa shape index (κ2) is 4.95. The highest BCUT2D eigenvalue weighted by molar-refractivity contribution is 5.92. The molecule has 21 heavy (non-hydrogen) atoms. The van der Waals surface area contributed by atoms with Crippen molar-refractivity contribution in [1.82, 2.24) is 24.8 Å². The maximum Gasteiger partial charge on any atom is 0.270 e. The number of aromatic nitrogens is 4. The molecule has 1 saturated carbocycles. The summed E-state index contributed by atoms with van der Waals surface area (Å²) < 4.78 is 2.10. The predicted molar refractivity (Wildman–Crippen MR) is 75.8 cm³/mol. The Morgan fingerprint density at radius 1 is 1.24 bits per heavy atom. The number of aryl methyl sites for hydroxylation is 1. The predicted octanol–water partition coefficient (Wildman–Crippen LogP) is 1.30. The Morgan fingerprint density at radius 2 is 2.14 bits per heavy atom. The lowest BCUT2D eigenvalue weighted by Crippen LogP contribution is -2.41. The van der Waals surface area contributed by atoms with Gasteiger partial charge in [0.25, 0.3) is 5.91 Å². The SMILES string of the molecule is O=C(NC1CCc2nccn2C1)c1ccnc(C2CC2)n1. The molecule has 1 N–H and O–H groups in total. The topological polar surface area (TPSA) is 72.7 Å². The average molecular weight is 283 g/mol. The third-order valence-electron chi connectivity index (χ3n) is 4.12. The lowest BCUT2D eigenvalue weighted by Gasteiger charge is -2.24. The third kappa shape index (κ3) is 2.53. The van der Waals surface area contributed by atoms with Crippen molar-refractivity contribution in [2.75, 3.05) is 0 Å². The number of amides is 1. The first-order valence-corrected chi connectivity index (χ1v) is 7.43. The van der Waals surface area contributed by atoms with Gasteiger partial charge in [0, 0.05) is 43.5 Å². The number of rotatable bonds is 3. The summed E-state index contributed by atoms with van der Waals surface area (Å²) in [7, 11) is 0. The molecule has 0 aromatic carbocycles. The van der Waals surface area contributed by atoms with Gasteiger partial charge in [-0.2, -0.15) is 0 Å². The molecule has 2 aromatic heterocycles. The fourth-order valence-corrected chi connectivity index (χ4v) is 2.78. The Kier molecular flexibility index (Phi) is 2.94. The normalized spacial score (nSPS) is 20.9. The van der Waals surface area contributed by atoms with E-state index in [1.54, 1.807) is 12.3 Å². The number of carbonyl (C=O) groups is 1. The van der Waals surface area contributed by atoms with E-state index in [9.17, 15) is 4.79 Å². The number of imidazole rings is 1. The summed E-state index contributed by atoms with van der Waals surface area (Å²) in [5.41, 5.74) is 0.475. The van der Waals surface area contributed by atoms with Gasteiger partial charge in [-0.1, -0.05) is 0 Å². The summed E-state index contributed by atoms with van der Waals surface area (Å²) in [4.78, 5) is 25.3. The van der Waals surface area contributed by atoms with E-state index in [0.29, 0.717) is 11.6 Å². The quantitative estimate of drug-likeness (QED) is 0.921. The van der Waals surface area contributed by atoms with Crippen LogP contribution in [-0.4, -0.2) is 31.5 Å². The molecule has 1 atom stereocenters. The van der Waals surface area contributed by atoms with Crippen LogP contribution in [0.5, 0.6) is 0 Å². The van der Waals surface area contributed by atoms with Gasteiger partial charge in [0.1, 0.15) is 17.3 Å². The van der Waals surface area contributed by atoms with Gasteiger partial charge in [-0.3, -0.25) is 4.79 Å². The highest BCUT2D eigenvalue weighted by atomic mass is 16.1. The van der Waals surface area contributed by atoms with E-state index in [4.69, 9.17) is 0 Å². The molecule has 1 aliphatic carbocycles. The van der Waals surface area contributed by atoms with Crippen LogP contribution in [-0.2, 0) is 13.0 Å². The van der Waals surface area contributed by atoms with E-state index in [1.165, 1.54) is 0 Å². The first-order chi connectivity index (χ1) is 10.3. The van der Waals surface area contributed by atoms with Crippen LogP contribution in [0.2, 0.25) is 0 Å². The van der Waals surface area contributed by atoms with E-state index in [-0.39, 0.29) is 11.9 Å². The van der Waals surface area contributed by atoms with Crippen LogP contribution in [0.25, 0.3) is 0 Å². The highest BCUT2D eigenvalue weighted by Crippen LogP contribution is 2.37. The minimum absolute atomic E-state index is 0.104. The molecular formula is C15H17N5O. The first kappa shape index (κ1) is 12.5. The fraction of sp³-hybridized carbons (Fsp3) is 0.467.